The van der Waals surface area contributed by atoms with Gasteiger partial charge in [0.15, 0.2) is 5.82 Å². The van der Waals surface area contributed by atoms with E-state index in [1.54, 1.807) is 0 Å². The summed E-state index contributed by atoms with van der Waals surface area (Å²) in [5.74, 6) is 2.75. The number of nitrogens with zero attached hydrogens (tertiary/aromatic N) is 6. The number of aromatic nitrogens is 4. The highest BCUT2D eigenvalue weighted by molar-refractivity contribution is 7.95. The fourth-order valence-electron chi connectivity index (χ4n) is 4.67. The van der Waals surface area contributed by atoms with Crippen molar-refractivity contribution in [2.75, 3.05) is 41.3 Å². The van der Waals surface area contributed by atoms with Gasteiger partial charge < -0.3 is 14.6 Å². The van der Waals surface area contributed by atoms with Gasteiger partial charge in [0, 0.05) is 42.0 Å². The first-order valence-electron chi connectivity index (χ1n) is 11.7. The molecule has 1 unspecified atom stereocenters. The summed E-state index contributed by atoms with van der Waals surface area (Å²) < 4.78 is 26.2. The van der Waals surface area contributed by atoms with Gasteiger partial charge in [0.2, 0.25) is 0 Å². The van der Waals surface area contributed by atoms with Crippen molar-refractivity contribution in [1.29, 1.82) is 0 Å². The van der Waals surface area contributed by atoms with Crippen LogP contribution in [0.15, 0.2) is 28.8 Å². The Kier molecular flexibility index (Phi) is 5.02. The zero-order valence-corrected chi connectivity index (χ0v) is 19.8. The lowest BCUT2D eigenvalue weighted by molar-refractivity contribution is 0.0985. The zero-order chi connectivity index (χ0) is 22.6. The molecule has 1 N–H and O–H groups in total. The van der Waals surface area contributed by atoms with Gasteiger partial charge in [-0.1, -0.05) is 0 Å². The highest BCUT2D eigenvalue weighted by Gasteiger charge is 2.33. The fraction of sp³-hybridized carbons (Fsp3) is 0.522. The summed E-state index contributed by atoms with van der Waals surface area (Å²) in [6.45, 7) is 6.88. The molecular formula is C23H29N7O2S. The van der Waals surface area contributed by atoms with Gasteiger partial charge in [0.25, 0.3) is 0 Å². The molecule has 33 heavy (non-hydrogen) atoms. The van der Waals surface area contributed by atoms with Gasteiger partial charge in [-0.2, -0.15) is 0 Å². The quantitative estimate of drug-likeness (QED) is 0.632. The largest absolute Gasteiger partial charge is 0.377 e. The maximum atomic E-state index is 13.8. The Morgan fingerprint density at radius 2 is 2.03 bits per heavy atom. The predicted octanol–water partition coefficient (Wildman–Crippen LogP) is 3.31. The van der Waals surface area contributed by atoms with Crippen molar-refractivity contribution >= 4 is 32.6 Å². The molecule has 3 fully saturated rings. The number of aryl methyl sites for hydroxylation is 1. The van der Waals surface area contributed by atoms with E-state index in [0.717, 1.165) is 53.9 Å². The van der Waals surface area contributed by atoms with Gasteiger partial charge in [0.1, 0.15) is 27.2 Å². The fourth-order valence-corrected chi connectivity index (χ4v) is 7.09. The number of hydrogen-bond donors (Lipinski definition) is 1. The first kappa shape index (κ1) is 20.9. The van der Waals surface area contributed by atoms with Crippen molar-refractivity contribution in [3.05, 3.63) is 30.1 Å². The second-order valence-electron chi connectivity index (χ2n) is 9.18. The minimum absolute atomic E-state index is 0.194. The Balaban J connectivity index is 1.53. The molecule has 5 heterocycles. The Bertz CT molecular complexity index is 1330. The van der Waals surface area contributed by atoms with Crippen LogP contribution in [0.4, 0.5) is 11.6 Å². The van der Waals surface area contributed by atoms with E-state index in [1.807, 2.05) is 35.6 Å². The molecule has 3 aromatic heterocycles. The van der Waals surface area contributed by atoms with Crippen LogP contribution in [0.2, 0.25) is 0 Å². The van der Waals surface area contributed by atoms with Gasteiger partial charge in [-0.05, 0) is 45.2 Å². The average molecular weight is 468 g/mol. The lowest BCUT2D eigenvalue weighted by Crippen LogP contribution is -2.44. The number of morpholine rings is 1. The number of aromatic amines is 1. The van der Waals surface area contributed by atoms with Crippen LogP contribution < -0.4 is 9.21 Å². The Morgan fingerprint density at radius 3 is 2.85 bits per heavy atom. The van der Waals surface area contributed by atoms with Gasteiger partial charge in [-0.15, -0.1) is 0 Å². The molecule has 2 atom stereocenters. The number of pyridine rings is 1. The summed E-state index contributed by atoms with van der Waals surface area (Å²) in [5, 5.41) is 0.976. The normalized spacial score (nSPS) is 25.7. The van der Waals surface area contributed by atoms with Crippen molar-refractivity contribution in [3.63, 3.8) is 0 Å². The SMILES string of the molecule is Cc1cc(-c2nc(N3CCOC[C@H]3C)cc(N3CCCS3(=O)=NC3CC3)n2)c2cc[nH]c2n1. The van der Waals surface area contributed by atoms with Crippen molar-refractivity contribution in [2.24, 2.45) is 4.36 Å². The molecule has 0 amide bonds. The van der Waals surface area contributed by atoms with E-state index in [-0.39, 0.29) is 12.1 Å². The summed E-state index contributed by atoms with van der Waals surface area (Å²) in [4.78, 5) is 20.0. The molecule has 174 valence electrons. The van der Waals surface area contributed by atoms with Gasteiger partial charge in [0.05, 0.1) is 31.1 Å². The average Bonchev–Trinajstić information content (AvgIpc) is 3.33. The maximum absolute atomic E-state index is 13.8. The lowest BCUT2D eigenvalue weighted by atomic mass is 10.1. The minimum atomic E-state index is -2.48. The molecule has 9 nitrogen and oxygen atoms in total. The molecule has 2 saturated heterocycles. The number of nitrogens with one attached hydrogen (secondary N) is 1. The molecule has 0 spiro atoms. The molecule has 0 radical (unpaired) electrons. The molecular weight excluding hydrogens is 438 g/mol. The van der Waals surface area contributed by atoms with E-state index in [1.165, 1.54) is 0 Å². The van der Waals surface area contributed by atoms with Gasteiger partial charge in [-0.25, -0.2) is 23.5 Å². The number of H-pyrrole nitrogens is 1. The standard InChI is InChI=1S/C23H29N7O2S/c1-15-12-19(18-6-7-24-22(18)25-15)23-26-20(29-9-10-32-14-16(29)2)13-21(27-23)30-8-3-11-33(30,31)28-17-4-5-17/h6-7,12-13,16-17H,3-5,8-11,14H2,1-2H3,(H,24,25)/t16-,33?/m1/s1. The highest BCUT2D eigenvalue weighted by Crippen LogP contribution is 2.35. The molecule has 6 rings (SSSR count). The number of ether oxygens (including phenoxy) is 1. The van der Waals surface area contributed by atoms with Crippen molar-refractivity contribution in [2.45, 2.75) is 45.2 Å². The molecule has 2 aliphatic heterocycles. The van der Waals surface area contributed by atoms with Crippen LogP contribution in [-0.2, 0) is 14.7 Å². The van der Waals surface area contributed by atoms with Gasteiger partial charge in [-0.3, -0.25) is 4.31 Å². The van der Waals surface area contributed by atoms with E-state index in [2.05, 4.69) is 21.8 Å². The first-order valence-corrected chi connectivity index (χ1v) is 13.3. The summed E-state index contributed by atoms with van der Waals surface area (Å²) >= 11 is 0. The van der Waals surface area contributed by atoms with Crippen molar-refractivity contribution in [1.82, 2.24) is 19.9 Å². The van der Waals surface area contributed by atoms with E-state index in [4.69, 9.17) is 19.1 Å². The van der Waals surface area contributed by atoms with Crippen LogP contribution in [0, 0.1) is 6.92 Å². The maximum Gasteiger partial charge on any atom is 0.164 e. The summed E-state index contributed by atoms with van der Waals surface area (Å²) in [6, 6.07) is 6.45. The van der Waals surface area contributed by atoms with E-state index in [0.29, 0.717) is 37.2 Å². The van der Waals surface area contributed by atoms with Crippen LogP contribution >= 0.6 is 0 Å². The zero-order valence-electron chi connectivity index (χ0n) is 19.0. The highest BCUT2D eigenvalue weighted by atomic mass is 32.2. The molecule has 3 aromatic rings. The third-order valence-electron chi connectivity index (χ3n) is 6.49. The van der Waals surface area contributed by atoms with Crippen LogP contribution in [-0.4, -0.2) is 68.3 Å². The first-order chi connectivity index (χ1) is 16.0. The summed E-state index contributed by atoms with van der Waals surface area (Å²) in [6.07, 6.45) is 4.82. The second kappa shape index (κ2) is 7.95. The second-order valence-corrected chi connectivity index (χ2v) is 11.5. The predicted molar refractivity (Wildman–Crippen MR) is 130 cm³/mol. The molecule has 1 aliphatic carbocycles. The molecule has 0 aromatic carbocycles. The van der Waals surface area contributed by atoms with Crippen molar-refractivity contribution in [3.8, 4) is 11.4 Å². The van der Waals surface area contributed by atoms with Crippen molar-refractivity contribution < 1.29 is 8.95 Å². The number of anilines is 2. The monoisotopic (exact) mass is 467 g/mol. The number of fused-ring (bicyclic) bond motifs is 1. The van der Waals surface area contributed by atoms with E-state index >= 15 is 0 Å². The van der Waals surface area contributed by atoms with Crippen LogP contribution in [0.5, 0.6) is 0 Å². The Hall–Kier alpha value is -2.72. The molecule has 1 saturated carbocycles. The molecule has 0 bridgehead atoms. The summed E-state index contributed by atoms with van der Waals surface area (Å²) in [7, 11) is -2.48. The smallest absolute Gasteiger partial charge is 0.164 e. The topological polar surface area (TPSA) is 99.6 Å². The molecule has 10 heteroatoms. The van der Waals surface area contributed by atoms with Crippen LogP contribution in [0.25, 0.3) is 22.4 Å². The third-order valence-corrected chi connectivity index (χ3v) is 9.00. The lowest BCUT2D eigenvalue weighted by Gasteiger charge is -2.35. The van der Waals surface area contributed by atoms with Crippen LogP contribution in [0.1, 0.15) is 31.9 Å². The van der Waals surface area contributed by atoms with Gasteiger partial charge >= 0.3 is 0 Å². The number of hydrogen-bond acceptors (Lipinski definition) is 7. The summed E-state index contributed by atoms with van der Waals surface area (Å²) in [5.41, 5.74) is 2.63. The number of rotatable bonds is 4. The molecule has 3 aliphatic rings. The van der Waals surface area contributed by atoms with E-state index < -0.39 is 9.92 Å². The Morgan fingerprint density at radius 1 is 1.18 bits per heavy atom. The Labute approximate surface area is 193 Å². The van der Waals surface area contributed by atoms with E-state index in [9.17, 15) is 4.21 Å². The minimum Gasteiger partial charge on any atom is -0.377 e. The third kappa shape index (κ3) is 3.85. The van der Waals surface area contributed by atoms with Crippen LogP contribution in [0.3, 0.4) is 0 Å².